The Morgan fingerprint density at radius 3 is 2.34 bits per heavy atom. The fourth-order valence-electron chi connectivity index (χ4n) is 3.57. The molecule has 0 aliphatic rings. The van der Waals surface area contributed by atoms with Crippen LogP contribution in [0.25, 0.3) is 0 Å². The van der Waals surface area contributed by atoms with Crippen molar-refractivity contribution < 1.29 is 33.3 Å². The number of rotatable bonds is 12. The molecule has 9 nitrogen and oxygen atoms in total. The number of ether oxygens (including phenoxy) is 4. The highest BCUT2D eigenvalue weighted by Crippen LogP contribution is 2.28. The summed E-state index contributed by atoms with van der Waals surface area (Å²) in [7, 11) is 1.59. The summed E-state index contributed by atoms with van der Waals surface area (Å²) < 4.78 is 20.6. The summed E-state index contributed by atoms with van der Waals surface area (Å²) in [6, 6.07) is 19.0. The van der Waals surface area contributed by atoms with E-state index in [2.05, 4.69) is 10.6 Å². The number of hydrogen-bond donors (Lipinski definition) is 2. The Balaban J connectivity index is 1.49. The largest absolute Gasteiger partial charge is 0.513 e. The van der Waals surface area contributed by atoms with E-state index in [4.69, 9.17) is 18.9 Å². The van der Waals surface area contributed by atoms with Gasteiger partial charge in [0, 0.05) is 24.2 Å². The summed E-state index contributed by atoms with van der Waals surface area (Å²) in [5.74, 6) is 1.19. The predicted octanol–water partition coefficient (Wildman–Crippen LogP) is 5.13. The lowest BCUT2D eigenvalue weighted by atomic mass is 10.1. The topological polar surface area (TPSA) is 112 Å². The zero-order chi connectivity index (χ0) is 27.3. The molecule has 0 unspecified atom stereocenters. The maximum Gasteiger partial charge on any atom is 0.513 e. The molecule has 0 aliphatic heterocycles. The minimum atomic E-state index is -0.801. The van der Waals surface area contributed by atoms with Crippen LogP contribution in [0.4, 0.5) is 10.5 Å². The molecule has 0 saturated heterocycles. The molecular weight excluding hydrogens is 488 g/mol. The molecule has 2 N–H and O–H groups in total. The predicted molar refractivity (Wildman–Crippen MR) is 143 cm³/mol. The quantitative estimate of drug-likeness (QED) is 0.251. The first-order valence-electron chi connectivity index (χ1n) is 12.3. The molecule has 200 valence electrons. The number of hydrogen-bond acceptors (Lipinski definition) is 7. The fourth-order valence-corrected chi connectivity index (χ4v) is 3.57. The summed E-state index contributed by atoms with van der Waals surface area (Å²) in [6.07, 6.45) is 0.0857. The maximum atomic E-state index is 12.6. The molecule has 0 aliphatic carbocycles. The Morgan fingerprint density at radius 2 is 1.63 bits per heavy atom. The van der Waals surface area contributed by atoms with Crippen LogP contribution in [0.15, 0.2) is 66.7 Å². The van der Waals surface area contributed by atoms with E-state index in [9.17, 15) is 14.4 Å². The van der Waals surface area contributed by atoms with E-state index in [0.717, 1.165) is 11.1 Å². The first kappa shape index (κ1) is 28.0. The van der Waals surface area contributed by atoms with Gasteiger partial charge in [0.25, 0.3) is 5.91 Å². The molecule has 2 amide bonds. The van der Waals surface area contributed by atoms with Gasteiger partial charge in [-0.25, -0.2) is 4.79 Å². The van der Waals surface area contributed by atoms with Crippen LogP contribution in [0.2, 0.25) is 0 Å². The zero-order valence-corrected chi connectivity index (χ0v) is 21.7. The number of anilines is 1. The van der Waals surface area contributed by atoms with Gasteiger partial charge in [0.1, 0.15) is 5.75 Å². The van der Waals surface area contributed by atoms with Crippen LogP contribution in [-0.4, -0.2) is 38.3 Å². The second kappa shape index (κ2) is 14.3. The molecule has 0 fully saturated rings. The fraction of sp³-hybridized carbons (Fsp3) is 0.276. The first-order valence-corrected chi connectivity index (χ1v) is 12.3. The number of benzene rings is 3. The van der Waals surface area contributed by atoms with Gasteiger partial charge in [0.05, 0.1) is 20.3 Å². The van der Waals surface area contributed by atoms with Crippen LogP contribution in [0.3, 0.4) is 0 Å². The molecule has 3 aromatic carbocycles. The van der Waals surface area contributed by atoms with E-state index in [-0.39, 0.29) is 24.2 Å². The molecular formula is C29H32N2O7. The summed E-state index contributed by atoms with van der Waals surface area (Å²) in [5, 5.41) is 5.74. The van der Waals surface area contributed by atoms with Crippen molar-refractivity contribution >= 4 is 23.7 Å². The standard InChI is InChI=1S/C29H32N2O7/c1-4-36-25-15-9-20(18-26(25)35-3)10-16-27(32)30-19-21-7-6-8-23(17-21)31-28(33)22-11-13-24(14-12-22)38-29(34)37-5-2/h6-9,11-15,17-18H,4-5,10,16,19H2,1-3H3,(H,30,32)(H,31,33). The van der Waals surface area contributed by atoms with Gasteiger partial charge in [0.15, 0.2) is 11.5 Å². The van der Waals surface area contributed by atoms with E-state index in [0.29, 0.717) is 48.7 Å². The maximum absolute atomic E-state index is 12.6. The number of nitrogens with one attached hydrogen (secondary N) is 2. The molecule has 0 spiro atoms. The highest BCUT2D eigenvalue weighted by Gasteiger charge is 2.10. The highest BCUT2D eigenvalue weighted by molar-refractivity contribution is 6.04. The van der Waals surface area contributed by atoms with Crippen LogP contribution < -0.4 is 24.8 Å². The van der Waals surface area contributed by atoms with Crippen molar-refractivity contribution in [1.29, 1.82) is 0 Å². The number of carbonyl (C=O) groups is 3. The number of carbonyl (C=O) groups excluding carboxylic acids is 3. The Labute approximate surface area is 222 Å². The zero-order valence-electron chi connectivity index (χ0n) is 21.7. The minimum absolute atomic E-state index is 0.0857. The van der Waals surface area contributed by atoms with Crippen molar-refractivity contribution in [3.05, 3.63) is 83.4 Å². The van der Waals surface area contributed by atoms with E-state index in [1.807, 2.05) is 31.2 Å². The average molecular weight is 521 g/mol. The first-order chi connectivity index (χ1) is 18.4. The molecule has 38 heavy (non-hydrogen) atoms. The van der Waals surface area contributed by atoms with Crippen molar-refractivity contribution in [2.24, 2.45) is 0 Å². The number of aryl methyl sites for hydroxylation is 1. The summed E-state index contributed by atoms with van der Waals surface area (Å²) in [4.78, 5) is 36.4. The Morgan fingerprint density at radius 1 is 0.842 bits per heavy atom. The summed E-state index contributed by atoms with van der Waals surface area (Å²) in [5.41, 5.74) is 2.81. The van der Waals surface area contributed by atoms with E-state index >= 15 is 0 Å². The SMILES string of the molecule is CCOC(=O)Oc1ccc(C(=O)Nc2cccc(CNC(=O)CCc3ccc(OCC)c(OC)c3)c2)cc1. The summed E-state index contributed by atoms with van der Waals surface area (Å²) in [6.45, 7) is 4.67. The van der Waals surface area contributed by atoms with Gasteiger partial charge in [0.2, 0.25) is 5.91 Å². The molecule has 0 aromatic heterocycles. The van der Waals surface area contributed by atoms with E-state index in [1.54, 1.807) is 44.4 Å². The lowest BCUT2D eigenvalue weighted by molar-refractivity contribution is -0.121. The van der Waals surface area contributed by atoms with Crippen molar-refractivity contribution in [3.8, 4) is 17.2 Å². The Kier molecular flexibility index (Phi) is 10.5. The molecule has 3 aromatic rings. The second-order valence-electron chi connectivity index (χ2n) is 8.16. The third-order valence-electron chi connectivity index (χ3n) is 5.42. The van der Waals surface area contributed by atoms with Crippen LogP contribution in [0, 0.1) is 0 Å². The molecule has 3 rings (SSSR count). The van der Waals surface area contributed by atoms with Gasteiger partial charge >= 0.3 is 6.16 Å². The van der Waals surface area contributed by atoms with Crippen LogP contribution >= 0.6 is 0 Å². The van der Waals surface area contributed by atoms with Gasteiger partial charge in [-0.05, 0) is 79.9 Å². The molecule has 0 radical (unpaired) electrons. The average Bonchev–Trinajstić information content (AvgIpc) is 2.92. The smallest absolute Gasteiger partial charge is 0.493 e. The van der Waals surface area contributed by atoms with Crippen molar-refractivity contribution in [2.45, 2.75) is 33.2 Å². The molecule has 9 heteroatoms. The van der Waals surface area contributed by atoms with Gasteiger partial charge in [-0.2, -0.15) is 0 Å². The molecule has 0 bridgehead atoms. The van der Waals surface area contributed by atoms with Crippen LogP contribution in [0.1, 0.15) is 41.8 Å². The number of amides is 2. The molecule has 0 saturated carbocycles. The third kappa shape index (κ3) is 8.55. The Hall–Kier alpha value is -4.53. The monoisotopic (exact) mass is 520 g/mol. The van der Waals surface area contributed by atoms with E-state index < -0.39 is 6.16 Å². The van der Waals surface area contributed by atoms with Gasteiger partial charge in [-0.15, -0.1) is 0 Å². The lowest BCUT2D eigenvalue weighted by Gasteiger charge is -2.11. The van der Waals surface area contributed by atoms with Gasteiger partial charge in [-0.3, -0.25) is 9.59 Å². The normalized spacial score (nSPS) is 10.3. The second-order valence-corrected chi connectivity index (χ2v) is 8.16. The van der Waals surface area contributed by atoms with Crippen molar-refractivity contribution in [2.75, 3.05) is 25.6 Å². The molecule has 0 atom stereocenters. The highest BCUT2D eigenvalue weighted by atomic mass is 16.7. The van der Waals surface area contributed by atoms with E-state index in [1.165, 1.54) is 12.1 Å². The summed E-state index contributed by atoms with van der Waals surface area (Å²) >= 11 is 0. The van der Waals surface area contributed by atoms with Crippen LogP contribution in [-0.2, 0) is 22.5 Å². The van der Waals surface area contributed by atoms with Gasteiger partial charge < -0.3 is 29.6 Å². The molecule has 0 heterocycles. The minimum Gasteiger partial charge on any atom is -0.493 e. The Bertz CT molecular complexity index is 1240. The van der Waals surface area contributed by atoms with Crippen molar-refractivity contribution in [1.82, 2.24) is 5.32 Å². The van der Waals surface area contributed by atoms with Gasteiger partial charge in [-0.1, -0.05) is 18.2 Å². The van der Waals surface area contributed by atoms with Crippen molar-refractivity contribution in [3.63, 3.8) is 0 Å². The van der Waals surface area contributed by atoms with Crippen LogP contribution in [0.5, 0.6) is 17.2 Å². The third-order valence-corrected chi connectivity index (χ3v) is 5.42. The lowest BCUT2D eigenvalue weighted by Crippen LogP contribution is -2.23. The number of methoxy groups -OCH3 is 1.